The highest BCUT2D eigenvalue weighted by Gasteiger charge is 2.20. The van der Waals surface area contributed by atoms with Gasteiger partial charge in [0.05, 0.1) is 0 Å². The molecule has 2 aromatic carbocycles. The van der Waals surface area contributed by atoms with E-state index in [-0.39, 0.29) is 25.0 Å². The summed E-state index contributed by atoms with van der Waals surface area (Å²) in [6, 6.07) is 13.5. The van der Waals surface area contributed by atoms with E-state index in [0.717, 1.165) is 11.3 Å². The molecule has 0 spiro atoms. The minimum Gasteiger partial charge on any atom is -0.484 e. The summed E-state index contributed by atoms with van der Waals surface area (Å²) in [6.45, 7) is 0.0943. The molecule has 2 amide bonds. The SMILES string of the molecule is CSCCC(NC(=O)COc1ccccc1)C(=O)NCc1ccc(Cl)cc1Cl. The summed E-state index contributed by atoms with van der Waals surface area (Å²) in [7, 11) is 0. The highest BCUT2D eigenvalue weighted by atomic mass is 35.5. The predicted molar refractivity (Wildman–Crippen MR) is 115 cm³/mol. The number of ether oxygens (including phenoxy) is 1. The first kappa shape index (κ1) is 22.4. The van der Waals surface area contributed by atoms with E-state index in [0.29, 0.717) is 22.2 Å². The van der Waals surface area contributed by atoms with Crippen LogP contribution in [0.1, 0.15) is 12.0 Å². The topological polar surface area (TPSA) is 67.4 Å². The standard InChI is InChI=1S/C20H22Cl2N2O3S/c1-28-10-9-18(24-19(25)13-27-16-5-3-2-4-6-16)20(26)23-12-14-7-8-15(21)11-17(14)22/h2-8,11,18H,9-10,12-13H2,1H3,(H,23,26)(H,24,25). The summed E-state index contributed by atoms with van der Waals surface area (Å²) < 4.78 is 5.43. The van der Waals surface area contributed by atoms with Crippen molar-refractivity contribution < 1.29 is 14.3 Å². The number of hydrogen-bond donors (Lipinski definition) is 2. The molecule has 0 aliphatic carbocycles. The number of hydrogen-bond acceptors (Lipinski definition) is 4. The predicted octanol–water partition coefficient (Wildman–Crippen LogP) is 3.93. The van der Waals surface area contributed by atoms with Crippen molar-refractivity contribution in [3.05, 3.63) is 64.1 Å². The van der Waals surface area contributed by atoms with Crippen LogP contribution >= 0.6 is 35.0 Å². The van der Waals surface area contributed by atoms with Crippen molar-refractivity contribution in [3.63, 3.8) is 0 Å². The van der Waals surface area contributed by atoms with Crippen molar-refractivity contribution in [2.75, 3.05) is 18.6 Å². The molecule has 8 heteroatoms. The lowest BCUT2D eigenvalue weighted by atomic mass is 10.2. The van der Waals surface area contributed by atoms with Crippen LogP contribution in [0.25, 0.3) is 0 Å². The van der Waals surface area contributed by atoms with Crippen LogP contribution in [0, 0.1) is 0 Å². The summed E-state index contributed by atoms with van der Waals surface area (Å²) in [5.74, 6) is 0.711. The van der Waals surface area contributed by atoms with E-state index in [9.17, 15) is 9.59 Å². The molecular weight excluding hydrogens is 419 g/mol. The molecule has 0 bridgehead atoms. The average Bonchev–Trinajstić information content (AvgIpc) is 2.69. The van der Waals surface area contributed by atoms with Gasteiger partial charge in [0.1, 0.15) is 11.8 Å². The maximum Gasteiger partial charge on any atom is 0.258 e. The fourth-order valence-electron chi connectivity index (χ4n) is 2.38. The van der Waals surface area contributed by atoms with Crippen molar-refractivity contribution in [1.82, 2.24) is 10.6 Å². The first-order valence-corrected chi connectivity index (χ1v) is 10.8. The fourth-order valence-corrected chi connectivity index (χ4v) is 3.32. The van der Waals surface area contributed by atoms with Gasteiger partial charge in [0.2, 0.25) is 5.91 Å². The van der Waals surface area contributed by atoms with Crippen molar-refractivity contribution in [3.8, 4) is 5.75 Å². The molecule has 1 atom stereocenters. The van der Waals surface area contributed by atoms with E-state index in [1.54, 1.807) is 42.1 Å². The number of para-hydroxylation sites is 1. The molecule has 5 nitrogen and oxygen atoms in total. The second-order valence-electron chi connectivity index (χ2n) is 5.96. The van der Waals surface area contributed by atoms with Crippen LogP contribution in [0.15, 0.2) is 48.5 Å². The normalized spacial score (nSPS) is 11.5. The quantitative estimate of drug-likeness (QED) is 0.587. The lowest BCUT2D eigenvalue weighted by Gasteiger charge is -2.18. The Morgan fingerprint density at radius 1 is 1.14 bits per heavy atom. The molecule has 150 valence electrons. The third kappa shape index (κ3) is 7.62. The number of halogens is 2. The molecule has 0 saturated carbocycles. The van der Waals surface area contributed by atoms with Gasteiger partial charge in [0.25, 0.3) is 5.91 Å². The summed E-state index contributed by atoms with van der Waals surface area (Å²) in [5.41, 5.74) is 0.752. The zero-order chi connectivity index (χ0) is 20.4. The molecule has 2 aromatic rings. The Hall–Kier alpha value is -1.89. The minimum atomic E-state index is -0.648. The van der Waals surface area contributed by atoms with E-state index in [1.165, 1.54) is 0 Å². The van der Waals surface area contributed by atoms with Gasteiger partial charge in [0, 0.05) is 16.6 Å². The van der Waals surface area contributed by atoms with Crippen molar-refractivity contribution in [2.24, 2.45) is 0 Å². The van der Waals surface area contributed by atoms with Crippen LogP contribution < -0.4 is 15.4 Å². The van der Waals surface area contributed by atoms with Crippen LogP contribution in [-0.4, -0.2) is 36.5 Å². The van der Waals surface area contributed by atoms with Gasteiger partial charge < -0.3 is 15.4 Å². The van der Waals surface area contributed by atoms with Crippen LogP contribution in [0.3, 0.4) is 0 Å². The van der Waals surface area contributed by atoms with Gasteiger partial charge in [-0.25, -0.2) is 0 Å². The fraction of sp³-hybridized carbons (Fsp3) is 0.300. The molecule has 0 aromatic heterocycles. The Morgan fingerprint density at radius 2 is 1.89 bits per heavy atom. The number of rotatable bonds is 10. The molecule has 0 heterocycles. The van der Waals surface area contributed by atoms with Crippen molar-refractivity contribution in [1.29, 1.82) is 0 Å². The molecule has 2 rings (SSSR count). The molecular formula is C20H22Cl2N2O3S. The summed E-state index contributed by atoms with van der Waals surface area (Å²) >= 11 is 13.6. The molecule has 2 N–H and O–H groups in total. The minimum absolute atomic E-state index is 0.157. The second-order valence-corrected chi connectivity index (χ2v) is 7.79. The van der Waals surface area contributed by atoms with Gasteiger partial charge in [-0.15, -0.1) is 0 Å². The van der Waals surface area contributed by atoms with Crippen molar-refractivity contribution >= 4 is 46.8 Å². The number of benzene rings is 2. The van der Waals surface area contributed by atoms with Gasteiger partial charge >= 0.3 is 0 Å². The third-order valence-corrected chi connectivity index (χ3v) is 5.07. The number of carbonyl (C=O) groups is 2. The number of thioether (sulfide) groups is 1. The average molecular weight is 441 g/mol. The Labute approximate surface area is 179 Å². The van der Waals surface area contributed by atoms with E-state index in [2.05, 4.69) is 10.6 Å². The van der Waals surface area contributed by atoms with Crippen LogP contribution in [0.4, 0.5) is 0 Å². The number of amides is 2. The largest absolute Gasteiger partial charge is 0.484 e. The first-order chi connectivity index (χ1) is 13.5. The number of nitrogens with one attached hydrogen (secondary N) is 2. The Morgan fingerprint density at radius 3 is 2.57 bits per heavy atom. The van der Waals surface area contributed by atoms with Crippen LogP contribution in [0.2, 0.25) is 10.0 Å². The zero-order valence-electron chi connectivity index (χ0n) is 15.4. The second kappa shape index (κ2) is 11.8. The van der Waals surface area contributed by atoms with Gasteiger partial charge in [-0.3, -0.25) is 9.59 Å². The van der Waals surface area contributed by atoms with Crippen LogP contribution in [0.5, 0.6) is 5.75 Å². The highest BCUT2D eigenvalue weighted by Crippen LogP contribution is 2.20. The third-order valence-electron chi connectivity index (χ3n) is 3.84. The van der Waals surface area contributed by atoms with E-state index >= 15 is 0 Å². The van der Waals surface area contributed by atoms with E-state index < -0.39 is 6.04 Å². The molecule has 0 radical (unpaired) electrons. The molecule has 0 aliphatic rings. The highest BCUT2D eigenvalue weighted by molar-refractivity contribution is 7.98. The van der Waals surface area contributed by atoms with Gasteiger partial charge in [-0.2, -0.15) is 11.8 Å². The maximum absolute atomic E-state index is 12.6. The maximum atomic E-state index is 12.6. The summed E-state index contributed by atoms with van der Waals surface area (Å²) in [5, 5.41) is 6.57. The molecule has 28 heavy (non-hydrogen) atoms. The monoisotopic (exact) mass is 440 g/mol. The smallest absolute Gasteiger partial charge is 0.258 e. The Balaban J connectivity index is 1.89. The van der Waals surface area contributed by atoms with E-state index in [1.807, 2.05) is 24.5 Å². The summed E-state index contributed by atoms with van der Waals surface area (Å²) in [6.07, 6.45) is 2.46. The molecule has 1 unspecified atom stereocenters. The lowest BCUT2D eigenvalue weighted by molar-refractivity contribution is -0.130. The van der Waals surface area contributed by atoms with Gasteiger partial charge in [0.15, 0.2) is 6.61 Å². The van der Waals surface area contributed by atoms with Gasteiger partial charge in [-0.1, -0.05) is 47.5 Å². The van der Waals surface area contributed by atoms with Crippen molar-refractivity contribution in [2.45, 2.75) is 19.0 Å². The summed E-state index contributed by atoms with van der Waals surface area (Å²) in [4.78, 5) is 24.8. The molecule has 0 fully saturated rings. The Kier molecular flexibility index (Phi) is 9.47. The van der Waals surface area contributed by atoms with Crippen LogP contribution in [-0.2, 0) is 16.1 Å². The molecule has 0 saturated heterocycles. The Bertz CT molecular complexity index is 790. The lowest BCUT2D eigenvalue weighted by Crippen LogP contribution is -2.48. The van der Waals surface area contributed by atoms with E-state index in [4.69, 9.17) is 27.9 Å². The molecule has 0 aliphatic heterocycles. The number of carbonyl (C=O) groups excluding carboxylic acids is 2. The first-order valence-electron chi connectivity index (χ1n) is 8.67. The zero-order valence-corrected chi connectivity index (χ0v) is 17.7. The van der Waals surface area contributed by atoms with Gasteiger partial charge in [-0.05, 0) is 48.3 Å².